The molecule has 1 rings (SSSR count). The molecule has 0 bridgehead atoms. The van der Waals surface area contributed by atoms with Gasteiger partial charge in [-0.15, -0.1) is 0 Å². The van der Waals surface area contributed by atoms with E-state index >= 15 is 0 Å². The van der Waals surface area contributed by atoms with Crippen LogP contribution in [-0.4, -0.2) is 5.78 Å². The maximum Gasteiger partial charge on any atom is 0.137 e. The first-order valence-electron chi connectivity index (χ1n) is 3.74. The second-order valence-electron chi connectivity index (χ2n) is 2.75. The van der Waals surface area contributed by atoms with Crippen molar-refractivity contribution < 1.29 is 4.79 Å². The van der Waals surface area contributed by atoms with Crippen LogP contribution in [0.2, 0.25) is 0 Å². The number of ketones is 1. The summed E-state index contributed by atoms with van der Waals surface area (Å²) in [5.74, 6) is 0.612. The van der Waals surface area contributed by atoms with E-state index in [0.29, 0.717) is 24.5 Å². The molecule has 0 aromatic carbocycles. The summed E-state index contributed by atoms with van der Waals surface area (Å²) < 4.78 is 0. The highest BCUT2D eigenvalue weighted by Crippen LogP contribution is 2.28. The molecule has 0 spiro atoms. The zero-order chi connectivity index (χ0) is 7.40. The van der Waals surface area contributed by atoms with Crippen LogP contribution in [0.15, 0.2) is 0 Å². The third-order valence-electron chi connectivity index (χ3n) is 2.04. The van der Waals surface area contributed by atoms with Gasteiger partial charge in [0, 0.05) is 18.8 Å². The minimum Gasteiger partial charge on any atom is -0.299 e. The number of hydrogen-bond donors (Lipinski definition) is 0. The van der Waals surface area contributed by atoms with E-state index in [1.54, 1.807) is 0 Å². The molecule has 0 heterocycles. The van der Waals surface area contributed by atoms with Gasteiger partial charge in [-0.1, -0.05) is 6.42 Å². The third kappa shape index (κ3) is 1.57. The number of nitrogens with zero attached hydrogens (tertiary/aromatic N) is 1. The van der Waals surface area contributed by atoms with Crippen LogP contribution in [-0.2, 0) is 4.79 Å². The average Bonchev–Trinajstić information content (AvgIpc) is 1.79. The molecule has 1 fully saturated rings. The number of Topliss-reactive ketones (excluding diaryl/α,β-unsaturated/α-hetero) is 1. The second-order valence-corrected chi connectivity index (χ2v) is 2.75. The Morgan fingerprint density at radius 2 is 2.30 bits per heavy atom. The SMILES string of the molecule is N#CCCC(=O)C1CCC1. The van der Waals surface area contributed by atoms with Gasteiger partial charge in [0.2, 0.25) is 0 Å². The molecule has 2 heteroatoms. The first-order valence-corrected chi connectivity index (χ1v) is 3.74. The van der Waals surface area contributed by atoms with Crippen LogP contribution in [0.3, 0.4) is 0 Å². The van der Waals surface area contributed by atoms with Crippen molar-refractivity contribution in [2.45, 2.75) is 32.1 Å². The fourth-order valence-corrected chi connectivity index (χ4v) is 1.11. The van der Waals surface area contributed by atoms with Gasteiger partial charge in [0.25, 0.3) is 0 Å². The maximum atomic E-state index is 11.0. The minimum atomic E-state index is 0.299. The lowest BCUT2D eigenvalue weighted by atomic mass is 9.81. The number of hydrogen-bond acceptors (Lipinski definition) is 2. The zero-order valence-electron chi connectivity index (χ0n) is 5.97. The molecule has 10 heavy (non-hydrogen) atoms. The van der Waals surface area contributed by atoms with Crippen LogP contribution < -0.4 is 0 Å². The lowest BCUT2D eigenvalue weighted by molar-refractivity contribution is -0.125. The van der Waals surface area contributed by atoms with E-state index in [2.05, 4.69) is 0 Å². The van der Waals surface area contributed by atoms with E-state index in [1.807, 2.05) is 6.07 Å². The van der Waals surface area contributed by atoms with Crippen LogP contribution in [0.5, 0.6) is 0 Å². The van der Waals surface area contributed by atoms with Gasteiger partial charge in [0.15, 0.2) is 0 Å². The van der Waals surface area contributed by atoms with Crippen LogP contribution >= 0.6 is 0 Å². The molecule has 1 saturated carbocycles. The van der Waals surface area contributed by atoms with Crippen molar-refractivity contribution >= 4 is 5.78 Å². The van der Waals surface area contributed by atoms with Gasteiger partial charge in [-0.05, 0) is 12.8 Å². The van der Waals surface area contributed by atoms with Crippen molar-refractivity contribution in [2.75, 3.05) is 0 Å². The van der Waals surface area contributed by atoms with Gasteiger partial charge in [0.05, 0.1) is 6.07 Å². The molecule has 0 radical (unpaired) electrons. The van der Waals surface area contributed by atoms with E-state index in [-0.39, 0.29) is 0 Å². The van der Waals surface area contributed by atoms with Crippen molar-refractivity contribution in [2.24, 2.45) is 5.92 Å². The highest BCUT2D eigenvalue weighted by Gasteiger charge is 2.23. The molecule has 0 aromatic rings. The Kier molecular flexibility index (Phi) is 2.44. The fourth-order valence-electron chi connectivity index (χ4n) is 1.11. The number of nitriles is 1. The molecule has 1 aliphatic rings. The van der Waals surface area contributed by atoms with Crippen LogP contribution in [0, 0.1) is 17.2 Å². The van der Waals surface area contributed by atoms with Crippen LogP contribution in [0.4, 0.5) is 0 Å². The number of carbonyl (C=O) groups is 1. The summed E-state index contributed by atoms with van der Waals surface area (Å²) in [6, 6.07) is 1.98. The summed E-state index contributed by atoms with van der Waals surface area (Å²) in [4.78, 5) is 11.0. The summed E-state index contributed by atoms with van der Waals surface area (Å²) in [6.07, 6.45) is 4.19. The zero-order valence-corrected chi connectivity index (χ0v) is 5.97. The average molecular weight is 137 g/mol. The number of carbonyl (C=O) groups excluding carboxylic acids is 1. The Labute approximate surface area is 60.8 Å². The molecule has 0 N–H and O–H groups in total. The van der Waals surface area contributed by atoms with E-state index in [4.69, 9.17) is 5.26 Å². The van der Waals surface area contributed by atoms with Gasteiger partial charge in [-0.25, -0.2) is 0 Å². The molecule has 0 aromatic heterocycles. The Balaban J connectivity index is 2.15. The molecular weight excluding hydrogens is 126 g/mol. The van der Waals surface area contributed by atoms with Crippen molar-refractivity contribution in [3.05, 3.63) is 0 Å². The normalized spacial score (nSPS) is 17.5. The standard InChI is InChI=1S/C8H11NO/c9-6-2-5-8(10)7-3-1-4-7/h7H,1-5H2. The predicted octanol–water partition coefficient (Wildman–Crippen LogP) is 1.66. The highest BCUT2D eigenvalue weighted by molar-refractivity contribution is 5.81. The quantitative estimate of drug-likeness (QED) is 0.593. The van der Waals surface area contributed by atoms with E-state index in [9.17, 15) is 4.79 Å². The summed E-state index contributed by atoms with van der Waals surface area (Å²) in [6.45, 7) is 0. The molecule has 0 atom stereocenters. The molecule has 0 unspecified atom stereocenters. The molecule has 0 aliphatic heterocycles. The largest absolute Gasteiger partial charge is 0.299 e. The van der Waals surface area contributed by atoms with Gasteiger partial charge in [0.1, 0.15) is 5.78 Å². The highest BCUT2D eigenvalue weighted by atomic mass is 16.1. The molecule has 0 amide bonds. The van der Waals surface area contributed by atoms with Gasteiger partial charge < -0.3 is 0 Å². The topological polar surface area (TPSA) is 40.9 Å². The van der Waals surface area contributed by atoms with E-state index in [0.717, 1.165) is 12.8 Å². The molecule has 1 aliphatic carbocycles. The predicted molar refractivity (Wildman–Crippen MR) is 37.2 cm³/mol. The Morgan fingerprint density at radius 3 is 2.70 bits per heavy atom. The van der Waals surface area contributed by atoms with Crippen LogP contribution in [0.25, 0.3) is 0 Å². The van der Waals surface area contributed by atoms with E-state index < -0.39 is 0 Å². The molecule has 0 saturated heterocycles. The van der Waals surface area contributed by atoms with Crippen molar-refractivity contribution in [1.29, 1.82) is 5.26 Å². The lowest BCUT2D eigenvalue weighted by Crippen LogP contribution is -2.21. The summed E-state index contributed by atoms with van der Waals surface area (Å²) in [5.41, 5.74) is 0. The maximum absolute atomic E-state index is 11.0. The molecular formula is C8H11NO. The van der Waals surface area contributed by atoms with Crippen molar-refractivity contribution in [3.8, 4) is 6.07 Å². The van der Waals surface area contributed by atoms with E-state index in [1.165, 1.54) is 6.42 Å². The van der Waals surface area contributed by atoms with Crippen molar-refractivity contribution in [1.82, 2.24) is 0 Å². The minimum absolute atomic E-state index is 0.299. The summed E-state index contributed by atoms with van der Waals surface area (Å²) in [5, 5.41) is 8.19. The Bertz CT molecular complexity index is 165. The fraction of sp³-hybridized carbons (Fsp3) is 0.750. The number of rotatable bonds is 3. The lowest BCUT2D eigenvalue weighted by Gasteiger charge is -2.23. The van der Waals surface area contributed by atoms with Gasteiger partial charge >= 0.3 is 0 Å². The molecule has 54 valence electrons. The van der Waals surface area contributed by atoms with Gasteiger partial charge in [-0.2, -0.15) is 5.26 Å². The first-order chi connectivity index (χ1) is 4.84. The second kappa shape index (κ2) is 3.36. The molecule has 2 nitrogen and oxygen atoms in total. The summed E-state index contributed by atoms with van der Waals surface area (Å²) in [7, 11) is 0. The smallest absolute Gasteiger partial charge is 0.137 e. The Hall–Kier alpha value is -0.840. The summed E-state index contributed by atoms with van der Waals surface area (Å²) >= 11 is 0. The monoisotopic (exact) mass is 137 g/mol. The van der Waals surface area contributed by atoms with Crippen molar-refractivity contribution in [3.63, 3.8) is 0 Å². The van der Waals surface area contributed by atoms with Crippen LogP contribution in [0.1, 0.15) is 32.1 Å². The Morgan fingerprint density at radius 1 is 1.60 bits per heavy atom. The third-order valence-corrected chi connectivity index (χ3v) is 2.04. The van der Waals surface area contributed by atoms with Gasteiger partial charge in [-0.3, -0.25) is 4.79 Å². The first kappa shape index (κ1) is 7.27.